The fourth-order valence-corrected chi connectivity index (χ4v) is 3.83. The van der Waals surface area contributed by atoms with Crippen LogP contribution in [0.15, 0.2) is 42.5 Å². The molecule has 0 unspecified atom stereocenters. The van der Waals surface area contributed by atoms with Gasteiger partial charge in [0.2, 0.25) is 5.91 Å². The Balaban J connectivity index is 1.59. The molecule has 2 aromatic carbocycles. The third-order valence-electron chi connectivity index (χ3n) is 5.44. The molecule has 4 heteroatoms. The van der Waals surface area contributed by atoms with Crippen molar-refractivity contribution in [3.63, 3.8) is 0 Å². The minimum atomic E-state index is 0.0520. The van der Waals surface area contributed by atoms with Crippen LogP contribution in [0.25, 0.3) is 10.8 Å². The summed E-state index contributed by atoms with van der Waals surface area (Å²) in [5, 5.41) is 2.03. The van der Waals surface area contributed by atoms with Crippen LogP contribution in [0.4, 0.5) is 0 Å². The number of amides is 1. The minimum Gasteiger partial charge on any atom is -0.343 e. The third-order valence-corrected chi connectivity index (χ3v) is 5.44. The van der Waals surface area contributed by atoms with E-state index >= 15 is 0 Å². The van der Waals surface area contributed by atoms with Crippen LogP contribution >= 0.6 is 0 Å². The maximum atomic E-state index is 12.7. The van der Waals surface area contributed by atoms with Gasteiger partial charge in [-0.05, 0) is 44.1 Å². The number of carbonyl (C=O) groups is 2. The summed E-state index contributed by atoms with van der Waals surface area (Å²) in [5.41, 5.74) is 0.722. The van der Waals surface area contributed by atoms with Crippen LogP contribution in [0.5, 0.6) is 0 Å². The molecule has 1 amide bonds. The average molecular weight is 352 g/mol. The predicted molar refractivity (Wildman–Crippen MR) is 105 cm³/mol. The standard InChI is InChI=1S/C22H28N2O2/c1-23(2)18-9-6-15-24(16-14-18)22(26)13-12-21(25)20-11-5-8-17-7-3-4-10-19(17)20/h3-5,7-8,10-11,18H,6,9,12-16H2,1-2H3/t18-/m0/s1. The molecule has 4 nitrogen and oxygen atoms in total. The Morgan fingerprint density at radius 1 is 1.00 bits per heavy atom. The highest BCUT2D eigenvalue weighted by atomic mass is 16.2. The molecule has 1 atom stereocenters. The van der Waals surface area contributed by atoms with Gasteiger partial charge in [-0.1, -0.05) is 42.5 Å². The molecule has 0 N–H and O–H groups in total. The lowest BCUT2D eigenvalue weighted by Gasteiger charge is -2.23. The van der Waals surface area contributed by atoms with E-state index in [9.17, 15) is 9.59 Å². The first-order valence-electron chi connectivity index (χ1n) is 9.51. The Hall–Kier alpha value is -2.20. The summed E-state index contributed by atoms with van der Waals surface area (Å²) in [6.07, 6.45) is 3.75. The molecule has 1 saturated heterocycles. The van der Waals surface area contributed by atoms with E-state index in [2.05, 4.69) is 19.0 Å². The van der Waals surface area contributed by atoms with Crippen LogP contribution < -0.4 is 0 Å². The first kappa shape index (κ1) is 18.6. The van der Waals surface area contributed by atoms with Gasteiger partial charge in [0.05, 0.1) is 0 Å². The smallest absolute Gasteiger partial charge is 0.223 e. The topological polar surface area (TPSA) is 40.6 Å². The highest BCUT2D eigenvalue weighted by Gasteiger charge is 2.22. The summed E-state index contributed by atoms with van der Waals surface area (Å²) in [6.45, 7) is 1.61. The molecule has 1 aliphatic rings. The molecule has 0 saturated carbocycles. The van der Waals surface area contributed by atoms with Crippen molar-refractivity contribution in [1.29, 1.82) is 0 Å². The molecule has 2 aromatic rings. The second-order valence-electron chi connectivity index (χ2n) is 7.38. The number of nitrogens with zero attached hydrogens (tertiary/aromatic N) is 2. The molecule has 0 bridgehead atoms. The zero-order valence-corrected chi connectivity index (χ0v) is 15.8. The van der Waals surface area contributed by atoms with Gasteiger partial charge in [-0.3, -0.25) is 9.59 Å². The third kappa shape index (κ3) is 4.31. The number of likely N-dealkylation sites (tertiary alicyclic amines) is 1. The molecular formula is C22H28N2O2. The van der Waals surface area contributed by atoms with Crippen molar-refractivity contribution in [3.05, 3.63) is 48.0 Å². The molecule has 0 aliphatic carbocycles. The molecule has 1 fully saturated rings. The molecule has 0 spiro atoms. The van der Waals surface area contributed by atoms with E-state index in [4.69, 9.17) is 0 Å². The van der Waals surface area contributed by atoms with Gasteiger partial charge in [-0.25, -0.2) is 0 Å². The maximum Gasteiger partial charge on any atom is 0.223 e. The Morgan fingerprint density at radius 3 is 2.58 bits per heavy atom. The quantitative estimate of drug-likeness (QED) is 0.770. The van der Waals surface area contributed by atoms with Crippen molar-refractivity contribution in [1.82, 2.24) is 9.80 Å². The first-order chi connectivity index (χ1) is 12.6. The van der Waals surface area contributed by atoms with Crippen molar-refractivity contribution >= 4 is 22.5 Å². The molecule has 1 heterocycles. The number of fused-ring (bicyclic) bond motifs is 1. The van der Waals surface area contributed by atoms with Crippen LogP contribution in [0.3, 0.4) is 0 Å². The van der Waals surface area contributed by atoms with Crippen LogP contribution in [0, 0.1) is 0 Å². The van der Waals surface area contributed by atoms with Gasteiger partial charge in [-0.2, -0.15) is 0 Å². The van der Waals surface area contributed by atoms with Crippen LogP contribution in [0.2, 0.25) is 0 Å². The lowest BCUT2D eigenvalue weighted by Crippen LogP contribution is -2.34. The van der Waals surface area contributed by atoms with Gasteiger partial charge in [0.25, 0.3) is 0 Å². The highest BCUT2D eigenvalue weighted by molar-refractivity contribution is 6.08. The number of ketones is 1. The normalized spacial score (nSPS) is 18.1. The number of hydrogen-bond acceptors (Lipinski definition) is 3. The van der Waals surface area contributed by atoms with Crippen LogP contribution in [-0.2, 0) is 4.79 Å². The summed E-state index contributed by atoms with van der Waals surface area (Å²) in [5.74, 6) is 0.161. The van der Waals surface area contributed by atoms with Gasteiger partial charge in [0.1, 0.15) is 0 Å². The number of carbonyl (C=O) groups excluding carboxylic acids is 2. The molecule has 26 heavy (non-hydrogen) atoms. The largest absolute Gasteiger partial charge is 0.343 e. The summed E-state index contributed by atoms with van der Waals surface area (Å²) in [7, 11) is 4.20. The summed E-state index contributed by atoms with van der Waals surface area (Å²) in [6, 6.07) is 14.2. The number of benzene rings is 2. The Bertz CT molecular complexity index is 779. The predicted octanol–water partition coefficient (Wildman–Crippen LogP) is 3.75. The number of Topliss-reactive ketones (excluding diaryl/α,β-unsaturated/α-hetero) is 1. The van der Waals surface area contributed by atoms with Gasteiger partial charge >= 0.3 is 0 Å². The second kappa shape index (κ2) is 8.45. The van der Waals surface area contributed by atoms with Gasteiger partial charge < -0.3 is 9.80 Å². The van der Waals surface area contributed by atoms with E-state index in [-0.39, 0.29) is 18.1 Å². The highest BCUT2D eigenvalue weighted by Crippen LogP contribution is 2.21. The van der Waals surface area contributed by atoms with Crippen molar-refractivity contribution in [3.8, 4) is 0 Å². The van der Waals surface area contributed by atoms with E-state index in [0.29, 0.717) is 12.5 Å². The monoisotopic (exact) mass is 352 g/mol. The van der Waals surface area contributed by atoms with Crippen molar-refractivity contribution in [2.45, 2.75) is 38.1 Å². The second-order valence-corrected chi connectivity index (χ2v) is 7.38. The molecule has 0 aromatic heterocycles. The van der Waals surface area contributed by atoms with Gasteiger partial charge in [-0.15, -0.1) is 0 Å². The lowest BCUT2D eigenvalue weighted by atomic mass is 9.99. The van der Waals surface area contributed by atoms with E-state index in [0.717, 1.165) is 48.7 Å². The number of hydrogen-bond donors (Lipinski definition) is 0. The molecule has 1 aliphatic heterocycles. The summed E-state index contributed by atoms with van der Waals surface area (Å²) in [4.78, 5) is 29.5. The fourth-order valence-electron chi connectivity index (χ4n) is 3.83. The van der Waals surface area contributed by atoms with E-state index in [1.165, 1.54) is 0 Å². The molecule has 138 valence electrons. The number of rotatable bonds is 5. The van der Waals surface area contributed by atoms with Gasteiger partial charge in [0, 0.05) is 37.5 Å². The fraction of sp³-hybridized carbons (Fsp3) is 0.455. The summed E-state index contributed by atoms with van der Waals surface area (Å²) < 4.78 is 0. The van der Waals surface area contributed by atoms with Crippen molar-refractivity contribution < 1.29 is 9.59 Å². The average Bonchev–Trinajstić information content (AvgIpc) is 2.92. The van der Waals surface area contributed by atoms with E-state index in [1.54, 1.807) is 0 Å². The lowest BCUT2D eigenvalue weighted by molar-refractivity contribution is -0.131. The Kier molecular flexibility index (Phi) is 6.04. The zero-order chi connectivity index (χ0) is 18.5. The minimum absolute atomic E-state index is 0.0520. The van der Waals surface area contributed by atoms with Gasteiger partial charge in [0.15, 0.2) is 5.78 Å². The molecule has 0 radical (unpaired) electrons. The van der Waals surface area contributed by atoms with Crippen molar-refractivity contribution in [2.24, 2.45) is 0 Å². The van der Waals surface area contributed by atoms with E-state index < -0.39 is 0 Å². The molecule has 3 rings (SSSR count). The van der Waals surface area contributed by atoms with E-state index in [1.807, 2.05) is 47.4 Å². The summed E-state index contributed by atoms with van der Waals surface area (Å²) >= 11 is 0. The SMILES string of the molecule is CN(C)[C@H]1CCCN(C(=O)CCC(=O)c2cccc3ccccc23)CC1. The van der Waals surface area contributed by atoms with Crippen LogP contribution in [-0.4, -0.2) is 54.7 Å². The Morgan fingerprint density at radius 2 is 1.77 bits per heavy atom. The maximum absolute atomic E-state index is 12.7. The van der Waals surface area contributed by atoms with Crippen molar-refractivity contribution in [2.75, 3.05) is 27.2 Å². The Labute approximate surface area is 155 Å². The molecular weight excluding hydrogens is 324 g/mol. The first-order valence-corrected chi connectivity index (χ1v) is 9.51. The van der Waals surface area contributed by atoms with Crippen LogP contribution in [0.1, 0.15) is 42.5 Å². The zero-order valence-electron chi connectivity index (χ0n) is 15.8.